The van der Waals surface area contributed by atoms with Gasteiger partial charge in [-0.25, -0.2) is 0 Å². The molecule has 1 aromatic rings. The molecule has 1 N–H and O–H groups in total. The molecule has 1 aromatic carbocycles. The summed E-state index contributed by atoms with van der Waals surface area (Å²) in [7, 11) is 7.72. The smallest absolute Gasteiger partial charge is 0.134 e. The summed E-state index contributed by atoms with van der Waals surface area (Å²) < 4.78 is 11.6. The molecule has 2 unspecified atom stereocenters. The average molecular weight is 444 g/mol. The first kappa shape index (κ1) is 29.0. The number of benzene rings is 1. The van der Waals surface area contributed by atoms with E-state index >= 15 is 0 Å². The normalized spacial score (nSPS) is 13.4. The summed E-state index contributed by atoms with van der Waals surface area (Å²) in [6.45, 7) is 5.47. The number of ether oxygens (including phenoxy) is 2. The summed E-state index contributed by atoms with van der Waals surface area (Å²) in [6.07, 6.45) is 12.9. The van der Waals surface area contributed by atoms with E-state index < -0.39 is 6.10 Å². The predicted octanol–water partition coefficient (Wildman–Crippen LogP) is 3.13. The molecule has 1 rings (SSSR count). The van der Waals surface area contributed by atoms with Gasteiger partial charge in [0.15, 0.2) is 0 Å². The molecule has 4 nitrogen and oxygen atoms in total. The third-order valence-corrected chi connectivity index (χ3v) is 6.40. The second-order valence-corrected chi connectivity index (χ2v) is 8.98. The van der Waals surface area contributed by atoms with Crippen molar-refractivity contribution in [2.24, 2.45) is 0 Å². The van der Waals surface area contributed by atoms with Gasteiger partial charge >= 0.3 is 0 Å². The predicted molar refractivity (Wildman–Crippen MR) is 123 cm³/mol. The van der Waals surface area contributed by atoms with Crippen molar-refractivity contribution >= 4 is 0 Å². The van der Waals surface area contributed by atoms with Crippen LogP contribution in [-0.2, 0) is 0 Å². The van der Waals surface area contributed by atoms with E-state index in [1.54, 1.807) is 14.2 Å². The van der Waals surface area contributed by atoms with E-state index in [4.69, 9.17) is 9.47 Å². The third-order valence-electron chi connectivity index (χ3n) is 6.40. The summed E-state index contributed by atoms with van der Waals surface area (Å²) in [5.74, 6) is 1.45. The van der Waals surface area contributed by atoms with E-state index in [0.29, 0.717) is 5.75 Å². The molecule has 0 amide bonds. The van der Waals surface area contributed by atoms with E-state index in [1.165, 1.54) is 64.2 Å². The van der Waals surface area contributed by atoms with Gasteiger partial charge in [-0.2, -0.15) is 0 Å². The second-order valence-electron chi connectivity index (χ2n) is 8.98. The van der Waals surface area contributed by atoms with Crippen LogP contribution < -0.4 is 21.9 Å². The van der Waals surface area contributed by atoms with Crippen molar-refractivity contribution < 1.29 is 31.5 Å². The summed E-state index contributed by atoms with van der Waals surface area (Å²) in [5.41, 5.74) is 0.800. The van der Waals surface area contributed by atoms with Crippen LogP contribution >= 0.6 is 0 Å². The van der Waals surface area contributed by atoms with Crippen LogP contribution in [0.4, 0.5) is 0 Å². The minimum absolute atomic E-state index is 0. The first-order valence-electron chi connectivity index (χ1n) is 11.6. The molecule has 2 atom stereocenters. The fourth-order valence-electron chi connectivity index (χ4n) is 3.92. The van der Waals surface area contributed by atoms with Crippen molar-refractivity contribution in [1.29, 1.82) is 0 Å². The maximum atomic E-state index is 11.1. The molecule has 0 aliphatic rings. The molecule has 0 aliphatic carbocycles. The maximum absolute atomic E-state index is 11.1. The largest absolute Gasteiger partial charge is 1.00 e. The zero-order valence-electron chi connectivity index (χ0n) is 20.3. The lowest BCUT2D eigenvalue weighted by Crippen LogP contribution is -3.00. The van der Waals surface area contributed by atoms with Crippen LogP contribution in [0.15, 0.2) is 18.2 Å². The number of quaternary nitrogens is 1. The van der Waals surface area contributed by atoms with Gasteiger partial charge in [0, 0.05) is 5.56 Å². The monoisotopic (exact) mass is 443 g/mol. The number of halogens is 1. The first-order chi connectivity index (χ1) is 13.9. The topological polar surface area (TPSA) is 38.7 Å². The van der Waals surface area contributed by atoms with Crippen molar-refractivity contribution in [3.63, 3.8) is 0 Å². The van der Waals surface area contributed by atoms with E-state index in [1.807, 2.05) is 18.2 Å². The fourth-order valence-corrected chi connectivity index (χ4v) is 3.92. The van der Waals surface area contributed by atoms with E-state index in [-0.39, 0.29) is 18.4 Å². The molecule has 30 heavy (non-hydrogen) atoms. The number of aliphatic hydroxyl groups is 1. The van der Waals surface area contributed by atoms with E-state index in [0.717, 1.165) is 22.3 Å². The first-order valence-corrected chi connectivity index (χ1v) is 11.6. The molecule has 0 aromatic heterocycles. The number of likely N-dealkylation sites (N-methyl/N-ethyl adjacent to an activating group) is 1. The standard InChI is InChI=1S/C25H46NO3.ClH/c1-7-8-9-10-11-12-13-14-15-16-19-26(3,4)21(2)25(27)23-20-22(28-5)17-18-24(23)29-6;/h17-18,20-21,25,27H,7-16,19H2,1-6H3;1H/q+1;/p-1. The van der Waals surface area contributed by atoms with Crippen LogP contribution in [0.1, 0.15) is 89.7 Å². The molecule has 0 saturated heterocycles. The molecule has 0 fully saturated rings. The minimum Gasteiger partial charge on any atom is -1.00 e. The Morgan fingerprint density at radius 1 is 0.867 bits per heavy atom. The second kappa shape index (κ2) is 15.8. The van der Waals surface area contributed by atoms with Crippen LogP contribution in [0.2, 0.25) is 0 Å². The molecule has 0 spiro atoms. The van der Waals surface area contributed by atoms with Gasteiger partial charge < -0.3 is 31.5 Å². The van der Waals surface area contributed by atoms with Crippen LogP contribution in [0.3, 0.4) is 0 Å². The SMILES string of the molecule is CCCCCCCCCCCC[N+](C)(C)C(C)C(O)c1cc(OC)ccc1OC.[Cl-]. The highest BCUT2D eigenvalue weighted by molar-refractivity contribution is 5.42. The van der Waals surface area contributed by atoms with Gasteiger partial charge in [0.1, 0.15) is 23.6 Å². The van der Waals surface area contributed by atoms with E-state index in [9.17, 15) is 5.11 Å². The molecule has 0 radical (unpaired) electrons. The Balaban J connectivity index is 0.00000841. The van der Waals surface area contributed by atoms with E-state index in [2.05, 4.69) is 27.9 Å². The number of rotatable bonds is 16. The van der Waals surface area contributed by atoms with Gasteiger partial charge in [-0.1, -0.05) is 58.3 Å². The molecule has 176 valence electrons. The lowest BCUT2D eigenvalue weighted by molar-refractivity contribution is -0.917. The quantitative estimate of drug-likeness (QED) is 0.315. The van der Waals surface area contributed by atoms with Crippen molar-refractivity contribution in [2.75, 3.05) is 34.9 Å². The zero-order chi connectivity index (χ0) is 21.7. The van der Waals surface area contributed by atoms with Crippen LogP contribution in [0.25, 0.3) is 0 Å². The highest BCUT2D eigenvalue weighted by atomic mass is 35.5. The Labute approximate surface area is 192 Å². The molecule has 0 heterocycles. The van der Waals surface area contributed by atoms with Crippen molar-refractivity contribution in [2.45, 2.75) is 90.2 Å². The highest BCUT2D eigenvalue weighted by Gasteiger charge is 2.33. The van der Waals surface area contributed by atoms with Gasteiger partial charge in [-0.3, -0.25) is 0 Å². The van der Waals surface area contributed by atoms with Crippen LogP contribution in [-0.4, -0.2) is 50.5 Å². The Hall–Kier alpha value is -0.970. The summed E-state index contributed by atoms with van der Waals surface area (Å²) >= 11 is 0. The molecular formula is C25H46ClNO3. The van der Waals surface area contributed by atoms with Gasteiger partial charge in [0.2, 0.25) is 0 Å². The number of aliphatic hydroxyl groups excluding tert-OH is 1. The van der Waals surface area contributed by atoms with Crippen LogP contribution in [0.5, 0.6) is 11.5 Å². The number of hydrogen-bond acceptors (Lipinski definition) is 3. The minimum atomic E-state index is -0.599. The van der Waals surface area contributed by atoms with Crippen molar-refractivity contribution in [3.05, 3.63) is 23.8 Å². The lowest BCUT2D eigenvalue weighted by Gasteiger charge is -2.39. The average Bonchev–Trinajstić information content (AvgIpc) is 2.73. The van der Waals surface area contributed by atoms with Gasteiger partial charge in [-0.05, 0) is 38.0 Å². The van der Waals surface area contributed by atoms with Crippen molar-refractivity contribution in [1.82, 2.24) is 0 Å². The number of hydrogen-bond donors (Lipinski definition) is 1. The lowest BCUT2D eigenvalue weighted by atomic mass is 9.99. The zero-order valence-corrected chi connectivity index (χ0v) is 21.0. The molecule has 0 bridgehead atoms. The summed E-state index contributed by atoms with van der Waals surface area (Å²) in [4.78, 5) is 0. The molecule has 0 aliphatic heterocycles. The number of methoxy groups -OCH3 is 2. The Morgan fingerprint density at radius 2 is 1.40 bits per heavy atom. The van der Waals surface area contributed by atoms with Crippen molar-refractivity contribution in [3.8, 4) is 11.5 Å². The Bertz CT molecular complexity index is 565. The van der Waals surface area contributed by atoms with Gasteiger partial charge in [-0.15, -0.1) is 0 Å². The fraction of sp³-hybridized carbons (Fsp3) is 0.760. The molecular weight excluding hydrogens is 398 g/mol. The summed E-state index contributed by atoms with van der Waals surface area (Å²) in [5, 5.41) is 11.1. The maximum Gasteiger partial charge on any atom is 0.134 e. The Kier molecular flexibility index (Phi) is 15.3. The third kappa shape index (κ3) is 9.89. The van der Waals surface area contributed by atoms with Gasteiger partial charge in [0.25, 0.3) is 0 Å². The summed E-state index contributed by atoms with van der Waals surface area (Å²) in [6, 6.07) is 5.69. The van der Waals surface area contributed by atoms with Gasteiger partial charge in [0.05, 0.1) is 34.9 Å². The molecule has 0 saturated carbocycles. The number of unbranched alkanes of at least 4 members (excludes halogenated alkanes) is 9. The highest BCUT2D eigenvalue weighted by Crippen LogP contribution is 2.33. The molecule has 5 heteroatoms. The Morgan fingerprint density at radius 3 is 1.90 bits per heavy atom. The van der Waals surface area contributed by atoms with Crippen LogP contribution in [0, 0.1) is 0 Å². The number of nitrogens with zero attached hydrogens (tertiary/aromatic N) is 1.